The van der Waals surface area contributed by atoms with Gasteiger partial charge in [0.25, 0.3) is 0 Å². The molecule has 40 heavy (non-hydrogen) atoms. The zero-order valence-corrected chi connectivity index (χ0v) is 23.5. The van der Waals surface area contributed by atoms with E-state index in [2.05, 4.69) is 9.88 Å². The fraction of sp³-hybridized carbons (Fsp3) is 0.323. The number of fused-ring (bicyclic) bond motifs is 3. The van der Waals surface area contributed by atoms with E-state index in [4.69, 9.17) is 32.7 Å². The largest absolute Gasteiger partial charge is 0.492 e. The molecule has 0 saturated carbocycles. The van der Waals surface area contributed by atoms with Crippen LogP contribution in [0.25, 0.3) is 10.9 Å². The number of nitrogens with zero attached hydrogens (tertiary/aromatic N) is 2. The minimum Gasteiger partial charge on any atom is -0.492 e. The first-order valence-electron chi connectivity index (χ1n) is 13.6. The van der Waals surface area contributed by atoms with E-state index >= 15 is 0 Å². The van der Waals surface area contributed by atoms with Gasteiger partial charge < -0.3 is 19.6 Å². The van der Waals surface area contributed by atoms with Crippen LogP contribution < -0.4 is 9.47 Å². The number of benzene rings is 3. The van der Waals surface area contributed by atoms with E-state index in [0.29, 0.717) is 41.3 Å². The van der Waals surface area contributed by atoms with Crippen LogP contribution >= 0.6 is 23.2 Å². The highest BCUT2D eigenvalue weighted by atomic mass is 35.5. The van der Waals surface area contributed by atoms with Crippen LogP contribution in [0.2, 0.25) is 10.0 Å². The van der Waals surface area contributed by atoms with Gasteiger partial charge in [-0.05, 0) is 91.0 Å². The van der Waals surface area contributed by atoms with Crippen molar-refractivity contribution >= 4 is 40.2 Å². The molecule has 2 atom stereocenters. The summed E-state index contributed by atoms with van der Waals surface area (Å²) in [6.07, 6.45) is 1.28. The number of carbonyl (C=O) groups excluding carboxylic acids is 1. The monoisotopic (exact) mass is 579 g/mol. The van der Waals surface area contributed by atoms with Crippen LogP contribution in [-0.2, 0) is 6.42 Å². The third-order valence-electron chi connectivity index (χ3n) is 7.84. The second kappa shape index (κ2) is 11.7. The van der Waals surface area contributed by atoms with Crippen molar-refractivity contribution in [3.05, 3.63) is 93.6 Å². The van der Waals surface area contributed by atoms with Crippen molar-refractivity contribution in [3.63, 3.8) is 0 Å². The third-order valence-corrected chi connectivity index (χ3v) is 8.33. The molecular weight excluding hydrogens is 549 g/mol. The van der Waals surface area contributed by atoms with Crippen molar-refractivity contribution in [2.75, 3.05) is 39.4 Å². The predicted octanol–water partition coefficient (Wildman–Crippen LogP) is 6.31. The van der Waals surface area contributed by atoms with Crippen LogP contribution in [0.3, 0.4) is 0 Å². The fourth-order valence-corrected chi connectivity index (χ4v) is 6.07. The van der Waals surface area contributed by atoms with Crippen molar-refractivity contribution in [1.82, 2.24) is 14.8 Å². The van der Waals surface area contributed by atoms with Crippen molar-refractivity contribution in [2.45, 2.75) is 18.9 Å². The van der Waals surface area contributed by atoms with E-state index < -0.39 is 6.09 Å². The Morgan fingerprint density at radius 2 is 1.73 bits per heavy atom. The summed E-state index contributed by atoms with van der Waals surface area (Å²) >= 11 is 12.3. The van der Waals surface area contributed by atoms with Gasteiger partial charge in [0.05, 0.1) is 0 Å². The lowest BCUT2D eigenvalue weighted by Crippen LogP contribution is -2.42. The van der Waals surface area contributed by atoms with Gasteiger partial charge in [0, 0.05) is 52.9 Å². The zero-order chi connectivity index (χ0) is 27.6. The molecule has 3 aromatic carbocycles. The minimum absolute atomic E-state index is 0.245. The highest BCUT2D eigenvalue weighted by Crippen LogP contribution is 2.40. The number of hydrogen-bond donors (Lipinski definition) is 2. The van der Waals surface area contributed by atoms with E-state index in [0.717, 1.165) is 59.5 Å². The van der Waals surface area contributed by atoms with Gasteiger partial charge in [-0.15, -0.1) is 0 Å². The molecule has 208 valence electrons. The van der Waals surface area contributed by atoms with Gasteiger partial charge in [-0.1, -0.05) is 35.3 Å². The fourth-order valence-electron chi connectivity index (χ4n) is 5.77. The lowest BCUT2D eigenvalue weighted by molar-refractivity contribution is 0.135. The number of ether oxygens (including phenoxy) is 2. The van der Waals surface area contributed by atoms with Crippen molar-refractivity contribution in [3.8, 4) is 11.5 Å². The molecule has 1 saturated heterocycles. The molecule has 4 aromatic rings. The van der Waals surface area contributed by atoms with Crippen molar-refractivity contribution in [2.24, 2.45) is 5.92 Å². The maximum Gasteiger partial charge on any atom is 0.416 e. The highest BCUT2D eigenvalue weighted by molar-refractivity contribution is 6.31. The smallest absolute Gasteiger partial charge is 0.416 e. The Labute approximate surface area is 243 Å². The predicted molar refractivity (Wildman–Crippen MR) is 157 cm³/mol. The molecule has 1 amide bonds. The summed E-state index contributed by atoms with van der Waals surface area (Å²) in [6.45, 7) is 4.05. The maximum atomic E-state index is 13.5. The van der Waals surface area contributed by atoms with Crippen LogP contribution in [-0.4, -0.2) is 65.4 Å². The topological polar surface area (TPSA) is 78.0 Å². The number of aromatic amines is 1. The second-order valence-corrected chi connectivity index (χ2v) is 11.3. The lowest BCUT2D eigenvalue weighted by atomic mass is 9.92. The first-order chi connectivity index (χ1) is 19.5. The van der Waals surface area contributed by atoms with Gasteiger partial charge >= 0.3 is 6.09 Å². The molecule has 1 aromatic heterocycles. The van der Waals surface area contributed by atoms with Gasteiger partial charge in [0.2, 0.25) is 0 Å². The number of amides is 1. The number of carbonyl (C=O) groups is 1. The molecule has 9 heteroatoms. The lowest BCUT2D eigenvalue weighted by Gasteiger charge is -2.35. The molecule has 0 radical (unpaired) electrons. The van der Waals surface area contributed by atoms with Crippen LogP contribution in [0.4, 0.5) is 4.79 Å². The Balaban J connectivity index is 1.24. The molecule has 7 nitrogen and oxygen atoms in total. The first kappa shape index (κ1) is 27.0. The van der Waals surface area contributed by atoms with Crippen molar-refractivity contribution < 1.29 is 19.4 Å². The Morgan fingerprint density at radius 3 is 2.48 bits per heavy atom. The summed E-state index contributed by atoms with van der Waals surface area (Å²) in [5.74, 6) is 1.58. The molecule has 2 aliphatic rings. The molecule has 1 fully saturated rings. The molecular formula is C31H31Cl2N3O4. The van der Waals surface area contributed by atoms with Crippen LogP contribution in [0.15, 0.2) is 66.7 Å². The normalized spacial score (nSPS) is 19.1. The Morgan fingerprint density at radius 1 is 0.975 bits per heavy atom. The molecule has 0 spiro atoms. The molecule has 2 unspecified atom stereocenters. The van der Waals surface area contributed by atoms with Crippen LogP contribution in [0.5, 0.6) is 11.5 Å². The van der Waals surface area contributed by atoms with Gasteiger partial charge in [0.15, 0.2) is 0 Å². The molecule has 0 aliphatic carbocycles. The van der Waals surface area contributed by atoms with Gasteiger partial charge in [-0.2, -0.15) is 0 Å². The van der Waals surface area contributed by atoms with E-state index in [1.54, 1.807) is 29.2 Å². The van der Waals surface area contributed by atoms with E-state index in [1.165, 1.54) is 0 Å². The third kappa shape index (κ3) is 5.65. The van der Waals surface area contributed by atoms with E-state index in [1.807, 2.05) is 42.5 Å². The first-order valence-corrected chi connectivity index (χ1v) is 14.3. The Kier molecular flexibility index (Phi) is 7.89. The Bertz CT molecular complexity index is 1490. The average Bonchev–Trinajstić information content (AvgIpc) is 3.58. The summed E-state index contributed by atoms with van der Waals surface area (Å²) in [4.78, 5) is 21.1. The van der Waals surface area contributed by atoms with Gasteiger partial charge in [-0.25, -0.2) is 4.79 Å². The van der Waals surface area contributed by atoms with E-state index in [-0.39, 0.29) is 12.6 Å². The zero-order valence-electron chi connectivity index (χ0n) is 22.0. The molecule has 2 aliphatic heterocycles. The maximum absolute atomic E-state index is 13.5. The Hall–Kier alpha value is -3.23. The average molecular weight is 581 g/mol. The van der Waals surface area contributed by atoms with Crippen molar-refractivity contribution in [1.29, 1.82) is 0 Å². The summed E-state index contributed by atoms with van der Waals surface area (Å²) < 4.78 is 11.8. The van der Waals surface area contributed by atoms with Gasteiger partial charge in [-0.3, -0.25) is 9.80 Å². The number of nitrogens with one attached hydrogen (secondary N) is 1. The highest BCUT2D eigenvalue weighted by Gasteiger charge is 2.36. The summed E-state index contributed by atoms with van der Waals surface area (Å²) in [7, 11) is 0. The number of hydrogen-bond acceptors (Lipinski definition) is 5. The molecule has 3 heterocycles. The summed E-state index contributed by atoms with van der Waals surface area (Å²) in [5, 5.41) is 11.7. The number of likely N-dealkylation sites (tertiary alicyclic amines) is 1. The number of halogens is 2. The van der Waals surface area contributed by atoms with E-state index in [9.17, 15) is 9.90 Å². The number of aromatic nitrogens is 1. The minimum atomic E-state index is -0.429. The SMILES string of the molecule is O=C(Oc1ccc(Cl)cc1)N1CCc2c([nH]c3ccc(Cl)cc23)C1c1ccc(OCCN2CCC(CO)C2)cc1. The standard InChI is InChI=1S/C31H31Cl2N3O4/c32-22-3-8-25(9-4-22)40-31(38)36-14-12-26-27-17-23(33)5-10-28(27)34-29(26)30(36)21-1-6-24(7-2-21)39-16-15-35-13-11-20(18-35)19-37/h1-10,17,20,30,34,37H,11-16,18-19H2. The molecule has 6 rings (SSSR count). The number of rotatable bonds is 7. The van der Waals surface area contributed by atoms with Gasteiger partial charge in [0.1, 0.15) is 24.1 Å². The molecule has 0 bridgehead atoms. The quantitative estimate of drug-likeness (QED) is 0.268. The number of aliphatic hydroxyl groups is 1. The second-order valence-electron chi connectivity index (χ2n) is 10.4. The summed E-state index contributed by atoms with van der Waals surface area (Å²) in [6, 6.07) is 20.1. The van der Waals surface area contributed by atoms with Crippen LogP contribution in [0.1, 0.15) is 29.3 Å². The van der Waals surface area contributed by atoms with Crippen LogP contribution in [0, 0.1) is 5.92 Å². The number of H-pyrrole nitrogens is 1. The summed E-state index contributed by atoms with van der Waals surface area (Å²) in [5.41, 5.74) is 4.05. The molecule has 2 N–H and O–H groups in total. The number of aliphatic hydroxyl groups excluding tert-OH is 1.